The standard InChI is InChI=1S/C14H16N2O2S2/c1-14(2,3)10-7-19-11(16-10)8-20-12-9(13(17)18)5-4-6-15-12/h4-7H,8H2,1-3H3,(H,17,18). The van der Waals surface area contributed by atoms with Gasteiger partial charge in [-0.25, -0.2) is 14.8 Å². The lowest BCUT2D eigenvalue weighted by atomic mass is 9.93. The predicted molar refractivity (Wildman–Crippen MR) is 81.6 cm³/mol. The summed E-state index contributed by atoms with van der Waals surface area (Å²) in [5.74, 6) is -0.312. The summed E-state index contributed by atoms with van der Waals surface area (Å²) >= 11 is 3.01. The first-order chi connectivity index (χ1) is 9.38. The first-order valence-corrected chi connectivity index (χ1v) is 8.00. The lowest BCUT2D eigenvalue weighted by molar-refractivity contribution is 0.0692. The Bertz CT molecular complexity index is 618. The summed E-state index contributed by atoms with van der Waals surface area (Å²) in [5, 5.41) is 12.7. The third kappa shape index (κ3) is 3.58. The van der Waals surface area contributed by atoms with Crippen LogP contribution in [0.4, 0.5) is 0 Å². The van der Waals surface area contributed by atoms with Gasteiger partial charge in [0, 0.05) is 17.0 Å². The van der Waals surface area contributed by atoms with E-state index >= 15 is 0 Å². The molecular weight excluding hydrogens is 292 g/mol. The summed E-state index contributed by atoms with van der Waals surface area (Å²) in [7, 11) is 0. The Morgan fingerprint density at radius 1 is 1.45 bits per heavy atom. The van der Waals surface area contributed by atoms with Crippen LogP contribution in [0.25, 0.3) is 0 Å². The van der Waals surface area contributed by atoms with Crippen LogP contribution in [0.2, 0.25) is 0 Å². The minimum atomic E-state index is -0.949. The molecule has 4 nitrogen and oxygen atoms in total. The van der Waals surface area contributed by atoms with Crippen LogP contribution in [-0.4, -0.2) is 21.0 Å². The highest BCUT2D eigenvalue weighted by atomic mass is 32.2. The van der Waals surface area contributed by atoms with Gasteiger partial charge in [-0.1, -0.05) is 32.5 Å². The molecule has 0 radical (unpaired) electrons. The Hall–Kier alpha value is -1.40. The largest absolute Gasteiger partial charge is 0.478 e. The van der Waals surface area contributed by atoms with Crippen molar-refractivity contribution in [3.8, 4) is 0 Å². The molecule has 0 aromatic carbocycles. The molecule has 2 heterocycles. The van der Waals surface area contributed by atoms with Crippen LogP contribution in [0.15, 0.2) is 28.7 Å². The van der Waals surface area contributed by atoms with Gasteiger partial charge in [-0.2, -0.15) is 0 Å². The number of aromatic carboxylic acids is 1. The molecule has 0 unspecified atom stereocenters. The first kappa shape index (κ1) is 15.0. The Labute approximate surface area is 126 Å². The third-order valence-corrected chi connectivity index (χ3v) is 4.70. The highest BCUT2D eigenvalue weighted by Crippen LogP contribution is 2.29. The maximum absolute atomic E-state index is 11.1. The van der Waals surface area contributed by atoms with E-state index in [-0.39, 0.29) is 11.0 Å². The molecule has 2 aromatic heterocycles. The van der Waals surface area contributed by atoms with E-state index in [9.17, 15) is 4.79 Å². The number of carboxylic acid groups (broad SMARTS) is 1. The Morgan fingerprint density at radius 3 is 2.80 bits per heavy atom. The molecule has 6 heteroatoms. The molecular formula is C14H16N2O2S2. The molecule has 106 valence electrons. The molecule has 0 fully saturated rings. The molecule has 2 rings (SSSR count). The summed E-state index contributed by atoms with van der Waals surface area (Å²) in [4.78, 5) is 19.8. The smallest absolute Gasteiger partial charge is 0.338 e. The lowest BCUT2D eigenvalue weighted by Gasteiger charge is -2.14. The van der Waals surface area contributed by atoms with Crippen molar-refractivity contribution in [2.75, 3.05) is 0 Å². The molecule has 0 amide bonds. The second-order valence-electron chi connectivity index (χ2n) is 5.33. The van der Waals surface area contributed by atoms with Gasteiger partial charge in [0.25, 0.3) is 0 Å². The number of hydrogen-bond donors (Lipinski definition) is 1. The molecule has 20 heavy (non-hydrogen) atoms. The molecule has 1 N–H and O–H groups in total. The van der Waals surface area contributed by atoms with Crippen molar-refractivity contribution in [1.29, 1.82) is 0 Å². The molecule has 0 bridgehead atoms. The van der Waals surface area contributed by atoms with Crippen molar-refractivity contribution in [2.24, 2.45) is 0 Å². The fourth-order valence-electron chi connectivity index (χ4n) is 1.52. The molecule has 0 atom stereocenters. The van der Waals surface area contributed by atoms with E-state index in [4.69, 9.17) is 5.11 Å². The summed E-state index contributed by atoms with van der Waals surface area (Å²) in [6.07, 6.45) is 1.61. The molecule has 0 aliphatic carbocycles. The number of thioether (sulfide) groups is 1. The zero-order valence-electron chi connectivity index (χ0n) is 11.6. The van der Waals surface area contributed by atoms with Gasteiger partial charge in [0.1, 0.15) is 10.0 Å². The predicted octanol–water partition coefficient (Wildman–Crippen LogP) is 3.83. The van der Waals surface area contributed by atoms with E-state index in [1.54, 1.807) is 29.7 Å². The second kappa shape index (κ2) is 5.93. The van der Waals surface area contributed by atoms with Crippen LogP contribution >= 0.6 is 23.1 Å². The average Bonchev–Trinajstić information content (AvgIpc) is 2.85. The highest BCUT2D eigenvalue weighted by Gasteiger charge is 2.18. The highest BCUT2D eigenvalue weighted by molar-refractivity contribution is 7.98. The summed E-state index contributed by atoms with van der Waals surface area (Å²) in [6, 6.07) is 3.20. The van der Waals surface area contributed by atoms with E-state index in [1.165, 1.54) is 11.8 Å². The Kier molecular flexibility index (Phi) is 4.45. The van der Waals surface area contributed by atoms with E-state index in [0.29, 0.717) is 10.8 Å². The molecule has 0 spiro atoms. The fraction of sp³-hybridized carbons (Fsp3) is 0.357. The Morgan fingerprint density at radius 2 is 2.20 bits per heavy atom. The van der Waals surface area contributed by atoms with Gasteiger partial charge in [-0.05, 0) is 12.1 Å². The van der Waals surface area contributed by atoms with E-state index < -0.39 is 5.97 Å². The summed E-state index contributed by atoms with van der Waals surface area (Å²) in [5.41, 5.74) is 1.35. The van der Waals surface area contributed by atoms with Crippen LogP contribution in [0.1, 0.15) is 41.8 Å². The zero-order valence-corrected chi connectivity index (χ0v) is 13.2. The first-order valence-electron chi connectivity index (χ1n) is 6.14. The van der Waals surface area contributed by atoms with Crippen molar-refractivity contribution >= 4 is 29.1 Å². The Balaban J connectivity index is 2.10. The van der Waals surface area contributed by atoms with Gasteiger partial charge in [-0.3, -0.25) is 0 Å². The number of carbonyl (C=O) groups is 1. The van der Waals surface area contributed by atoms with Gasteiger partial charge in [-0.15, -0.1) is 11.3 Å². The van der Waals surface area contributed by atoms with Gasteiger partial charge >= 0.3 is 5.97 Å². The second-order valence-corrected chi connectivity index (χ2v) is 7.23. The summed E-state index contributed by atoms with van der Waals surface area (Å²) in [6.45, 7) is 6.38. The number of hydrogen-bond acceptors (Lipinski definition) is 5. The quantitative estimate of drug-likeness (QED) is 0.870. The number of pyridine rings is 1. The number of thiazole rings is 1. The fourth-order valence-corrected chi connectivity index (χ4v) is 3.55. The number of carboxylic acids is 1. The van der Waals surface area contributed by atoms with Gasteiger partial charge < -0.3 is 5.11 Å². The van der Waals surface area contributed by atoms with Crippen molar-refractivity contribution in [3.63, 3.8) is 0 Å². The van der Waals surface area contributed by atoms with E-state index in [0.717, 1.165) is 10.7 Å². The van der Waals surface area contributed by atoms with Crippen molar-refractivity contribution < 1.29 is 9.90 Å². The normalized spacial score (nSPS) is 11.6. The zero-order chi connectivity index (χ0) is 14.8. The summed E-state index contributed by atoms with van der Waals surface area (Å²) < 4.78 is 0. The molecule has 0 aliphatic rings. The van der Waals surface area contributed by atoms with Gasteiger partial charge in [0.2, 0.25) is 0 Å². The van der Waals surface area contributed by atoms with Crippen molar-refractivity contribution in [1.82, 2.24) is 9.97 Å². The van der Waals surface area contributed by atoms with Gasteiger partial charge in [0.15, 0.2) is 0 Å². The topological polar surface area (TPSA) is 63.1 Å². The minimum absolute atomic E-state index is 0.0383. The lowest BCUT2D eigenvalue weighted by Crippen LogP contribution is -2.11. The van der Waals surface area contributed by atoms with Crippen molar-refractivity contribution in [3.05, 3.63) is 40.0 Å². The van der Waals surface area contributed by atoms with Gasteiger partial charge in [0.05, 0.1) is 17.0 Å². The monoisotopic (exact) mass is 308 g/mol. The minimum Gasteiger partial charge on any atom is -0.478 e. The van der Waals surface area contributed by atoms with Crippen LogP contribution in [0.3, 0.4) is 0 Å². The van der Waals surface area contributed by atoms with Crippen LogP contribution in [0, 0.1) is 0 Å². The third-order valence-electron chi connectivity index (χ3n) is 2.65. The number of aromatic nitrogens is 2. The SMILES string of the molecule is CC(C)(C)c1csc(CSc2ncccc2C(=O)O)n1. The molecule has 0 saturated heterocycles. The number of nitrogens with zero attached hydrogens (tertiary/aromatic N) is 2. The average molecular weight is 308 g/mol. The van der Waals surface area contributed by atoms with Crippen LogP contribution in [-0.2, 0) is 11.2 Å². The number of rotatable bonds is 4. The maximum Gasteiger partial charge on any atom is 0.338 e. The maximum atomic E-state index is 11.1. The van der Waals surface area contributed by atoms with Crippen LogP contribution in [0.5, 0.6) is 0 Å². The van der Waals surface area contributed by atoms with E-state index in [1.807, 2.05) is 0 Å². The molecule has 2 aromatic rings. The molecule has 0 saturated carbocycles. The van der Waals surface area contributed by atoms with Crippen LogP contribution < -0.4 is 0 Å². The van der Waals surface area contributed by atoms with Crippen molar-refractivity contribution in [2.45, 2.75) is 37.0 Å². The van der Waals surface area contributed by atoms with E-state index in [2.05, 4.69) is 36.1 Å². The molecule has 0 aliphatic heterocycles.